The van der Waals surface area contributed by atoms with Gasteiger partial charge in [-0.3, -0.25) is 4.79 Å². The molecule has 0 N–H and O–H groups in total. The van der Waals surface area contributed by atoms with Crippen molar-refractivity contribution in [3.8, 4) is 5.75 Å². The molecule has 106 valence electrons. The number of ether oxygens (including phenoxy) is 3. The van der Waals surface area contributed by atoms with Crippen LogP contribution in [0.25, 0.3) is 0 Å². The molecule has 0 saturated heterocycles. The van der Waals surface area contributed by atoms with Crippen molar-refractivity contribution in [2.45, 2.75) is 40.1 Å². The highest BCUT2D eigenvalue weighted by Gasteiger charge is 2.21. The molecule has 0 fully saturated rings. The van der Waals surface area contributed by atoms with Crippen LogP contribution in [0.3, 0.4) is 0 Å². The van der Waals surface area contributed by atoms with Gasteiger partial charge in [0.25, 0.3) is 0 Å². The van der Waals surface area contributed by atoms with E-state index in [-0.39, 0.29) is 11.9 Å². The van der Waals surface area contributed by atoms with E-state index in [2.05, 4.69) is 0 Å². The molecule has 1 aromatic rings. The summed E-state index contributed by atoms with van der Waals surface area (Å²) in [7, 11) is 0. The molecule has 0 heterocycles. The third kappa shape index (κ3) is 5.01. The monoisotopic (exact) mass is 266 g/mol. The van der Waals surface area contributed by atoms with E-state index in [4.69, 9.17) is 14.2 Å². The molecule has 4 heteroatoms. The van der Waals surface area contributed by atoms with Crippen molar-refractivity contribution in [3.05, 3.63) is 29.8 Å². The Morgan fingerprint density at radius 1 is 1.16 bits per heavy atom. The highest BCUT2D eigenvalue weighted by molar-refractivity contribution is 5.98. The summed E-state index contributed by atoms with van der Waals surface area (Å²) in [5.74, 6) is 0.491. The summed E-state index contributed by atoms with van der Waals surface area (Å²) in [6.45, 7) is 8.40. The molecule has 0 atom stereocenters. The minimum absolute atomic E-state index is 0.0694. The van der Waals surface area contributed by atoms with Crippen LogP contribution in [-0.2, 0) is 9.47 Å². The van der Waals surface area contributed by atoms with Crippen LogP contribution in [0.5, 0.6) is 5.75 Å². The molecule has 19 heavy (non-hydrogen) atoms. The second kappa shape index (κ2) is 7.92. The largest absolute Gasteiger partial charge is 0.491 e. The third-order valence-corrected chi connectivity index (χ3v) is 2.34. The van der Waals surface area contributed by atoms with Gasteiger partial charge in [-0.1, -0.05) is 12.1 Å². The van der Waals surface area contributed by atoms with Gasteiger partial charge in [-0.15, -0.1) is 0 Å². The minimum atomic E-state index is -0.843. The lowest BCUT2D eigenvalue weighted by molar-refractivity contribution is -0.107. The van der Waals surface area contributed by atoms with Crippen molar-refractivity contribution in [3.63, 3.8) is 0 Å². The fraction of sp³-hybridized carbons (Fsp3) is 0.533. The number of carbonyl (C=O) groups is 1. The van der Waals surface area contributed by atoms with Gasteiger partial charge in [0.05, 0.1) is 6.10 Å². The Morgan fingerprint density at radius 3 is 2.32 bits per heavy atom. The zero-order valence-corrected chi connectivity index (χ0v) is 12.0. The average Bonchev–Trinajstić information content (AvgIpc) is 2.37. The van der Waals surface area contributed by atoms with Crippen LogP contribution in [0.2, 0.25) is 0 Å². The minimum Gasteiger partial charge on any atom is -0.491 e. The van der Waals surface area contributed by atoms with Gasteiger partial charge in [0.2, 0.25) is 12.1 Å². The van der Waals surface area contributed by atoms with E-state index in [9.17, 15) is 4.79 Å². The van der Waals surface area contributed by atoms with Gasteiger partial charge in [-0.05, 0) is 39.8 Å². The van der Waals surface area contributed by atoms with Gasteiger partial charge in [-0.2, -0.15) is 0 Å². The molecule has 0 aliphatic carbocycles. The Labute approximate surface area is 114 Å². The van der Waals surface area contributed by atoms with Crippen molar-refractivity contribution in [1.82, 2.24) is 0 Å². The lowest BCUT2D eigenvalue weighted by Crippen LogP contribution is -2.27. The summed E-state index contributed by atoms with van der Waals surface area (Å²) >= 11 is 0. The molecule has 0 aromatic heterocycles. The molecule has 0 spiro atoms. The normalized spacial score (nSPS) is 11.1. The number of hydrogen-bond acceptors (Lipinski definition) is 4. The molecule has 0 aliphatic heterocycles. The van der Waals surface area contributed by atoms with Gasteiger partial charge in [0.15, 0.2) is 0 Å². The summed E-state index contributed by atoms with van der Waals surface area (Å²) in [6.07, 6.45) is -0.774. The second-order valence-electron chi connectivity index (χ2n) is 4.30. The predicted octanol–water partition coefficient (Wildman–Crippen LogP) is 3.06. The van der Waals surface area contributed by atoms with Crippen LogP contribution < -0.4 is 4.74 Å². The molecule has 1 rings (SSSR count). The van der Waals surface area contributed by atoms with Gasteiger partial charge < -0.3 is 14.2 Å². The Kier molecular flexibility index (Phi) is 6.53. The Balaban J connectivity index is 2.84. The van der Waals surface area contributed by atoms with E-state index in [1.165, 1.54) is 0 Å². The third-order valence-electron chi connectivity index (χ3n) is 2.34. The van der Waals surface area contributed by atoms with E-state index < -0.39 is 6.29 Å². The van der Waals surface area contributed by atoms with Gasteiger partial charge in [0.1, 0.15) is 5.75 Å². The van der Waals surface area contributed by atoms with Crippen LogP contribution >= 0.6 is 0 Å². The highest BCUT2D eigenvalue weighted by atomic mass is 16.7. The van der Waals surface area contributed by atoms with Crippen LogP contribution in [0.1, 0.15) is 38.1 Å². The summed E-state index contributed by atoms with van der Waals surface area (Å²) in [5.41, 5.74) is 0.532. The van der Waals surface area contributed by atoms with Crippen molar-refractivity contribution in [2.24, 2.45) is 0 Å². The van der Waals surface area contributed by atoms with Gasteiger partial charge >= 0.3 is 0 Å². The molecule has 0 bridgehead atoms. The zero-order valence-electron chi connectivity index (χ0n) is 12.0. The maximum absolute atomic E-state index is 12.3. The number of carbonyl (C=O) groups excluding carboxylic acids is 1. The number of ketones is 1. The van der Waals surface area contributed by atoms with Crippen LogP contribution in [0.15, 0.2) is 24.3 Å². The van der Waals surface area contributed by atoms with Crippen molar-refractivity contribution in [1.29, 1.82) is 0 Å². The van der Waals surface area contributed by atoms with Crippen molar-refractivity contribution < 1.29 is 19.0 Å². The smallest absolute Gasteiger partial charge is 0.222 e. The molecule has 4 nitrogen and oxygen atoms in total. The van der Waals surface area contributed by atoms with Crippen LogP contribution in [0, 0.1) is 0 Å². The highest BCUT2D eigenvalue weighted by Crippen LogP contribution is 2.17. The second-order valence-corrected chi connectivity index (χ2v) is 4.30. The average molecular weight is 266 g/mol. The van der Waals surface area contributed by atoms with Crippen molar-refractivity contribution >= 4 is 5.78 Å². The van der Waals surface area contributed by atoms with E-state index >= 15 is 0 Å². The van der Waals surface area contributed by atoms with Crippen LogP contribution in [-0.4, -0.2) is 31.4 Å². The quantitative estimate of drug-likeness (QED) is 0.536. The number of Topliss-reactive ketones (excluding diaryl/α,β-unsaturated/α-hetero) is 1. The van der Waals surface area contributed by atoms with E-state index in [0.717, 1.165) is 0 Å². The van der Waals surface area contributed by atoms with Gasteiger partial charge in [0, 0.05) is 18.8 Å². The first-order valence-electron chi connectivity index (χ1n) is 6.62. The van der Waals surface area contributed by atoms with E-state index in [0.29, 0.717) is 24.5 Å². The van der Waals surface area contributed by atoms with E-state index in [1.54, 1.807) is 18.2 Å². The molecule has 0 aliphatic rings. The summed E-state index contributed by atoms with van der Waals surface area (Å²) in [6, 6.07) is 7.07. The van der Waals surface area contributed by atoms with Gasteiger partial charge in [-0.25, -0.2) is 0 Å². The number of hydrogen-bond donors (Lipinski definition) is 0. The summed E-state index contributed by atoms with van der Waals surface area (Å²) in [4.78, 5) is 12.3. The predicted molar refractivity (Wildman–Crippen MR) is 73.6 cm³/mol. The Morgan fingerprint density at radius 2 is 1.79 bits per heavy atom. The molecular formula is C15H22O4. The maximum atomic E-state index is 12.3. The topological polar surface area (TPSA) is 44.8 Å². The molecule has 0 unspecified atom stereocenters. The molecule has 1 aromatic carbocycles. The summed E-state index contributed by atoms with van der Waals surface area (Å²) in [5, 5.41) is 0. The van der Waals surface area contributed by atoms with Crippen LogP contribution in [0.4, 0.5) is 0 Å². The Bertz CT molecular complexity index is 395. The zero-order chi connectivity index (χ0) is 14.3. The fourth-order valence-electron chi connectivity index (χ4n) is 1.63. The number of rotatable bonds is 8. The molecule has 0 radical (unpaired) electrons. The standard InChI is InChI=1S/C15H22O4/c1-5-17-15(18-6-2)14(16)12-8-7-9-13(10-12)19-11(3)4/h7-11,15H,5-6H2,1-4H3. The molecule has 0 amide bonds. The lowest BCUT2D eigenvalue weighted by atomic mass is 10.1. The summed E-state index contributed by atoms with van der Waals surface area (Å²) < 4.78 is 16.2. The lowest BCUT2D eigenvalue weighted by Gasteiger charge is -2.16. The molecule has 0 saturated carbocycles. The fourth-order valence-corrected chi connectivity index (χ4v) is 1.63. The Hall–Kier alpha value is -1.39. The first kappa shape index (κ1) is 15.7. The SMILES string of the molecule is CCOC(OCC)C(=O)c1cccc(OC(C)C)c1. The molecular weight excluding hydrogens is 244 g/mol. The first-order chi connectivity index (χ1) is 9.08. The van der Waals surface area contributed by atoms with E-state index in [1.807, 2.05) is 33.8 Å². The van der Waals surface area contributed by atoms with Crippen molar-refractivity contribution in [2.75, 3.05) is 13.2 Å². The number of benzene rings is 1. The first-order valence-corrected chi connectivity index (χ1v) is 6.62. The maximum Gasteiger partial charge on any atom is 0.222 e.